The van der Waals surface area contributed by atoms with Crippen molar-refractivity contribution >= 4 is 19.8 Å². The van der Waals surface area contributed by atoms with Crippen LogP contribution in [0.5, 0.6) is 0 Å². The first-order valence-corrected chi connectivity index (χ1v) is 23.3. The van der Waals surface area contributed by atoms with Crippen molar-refractivity contribution in [1.82, 2.24) is 0 Å². The van der Waals surface area contributed by atoms with E-state index in [9.17, 15) is 44.6 Å². The predicted octanol–water partition coefficient (Wildman–Crippen LogP) is 7.83. The number of ether oxygens (including phenoxy) is 2. The van der Waals surface area contributed by atoms with E-state index in [0.717, 1.165) is 70.6 Å². The second-order valence-electron chi connectivity index (χ2n) is 15.2. The highest BCUT2D eigenvalue weighted by Gasteiger charge is 2.51. The molecule has 0 aliphatic heterocycles. The lowest BCUT2D eigenvalue weighted by Gasteiger charge is -2.41. The Balaban J connectivity index is 2.49. The highest BCUT2D eigenvalue weighted by Crippen LogP contribution is 2.47. The van der Waals surface area contributed by atoms with Gasteiger partial charge in [0, 0.05) is 12.8 Å². The van der Waals surface area contributed by atoms with Gasteiger partial charge in [-0.15, -0.1) is 0 Å². The molecule has 14 heteroatoms. The average Bonchev–Trinajstić information content (AvgIpc) is 3.19. The van der Waals surface area contributed by atoms with Gasteiger partial charge in [0.05, 0.1) is 6.61 Å². The molecule has 1 aliphatic carbocycles. The van der Waals surface area contributed by atoms with E-state index in [4.69, 9.17) is 18.5 Å². The van der Waals surface area contributed by atoms with Crippen molar-refractivity contribution in [2.45, 2.75) is 211 Å². The summed E-state index contributed by atoms with van der Waals surface area (Å²) >= 11 is 0. The van der Waals surface area contributed by atoms with Crippen molar-refractivity contribution in [1.29, 1.82) is 0 Å². The van der Waals surface area contributed by atoms with Crippen LogP contribution in [0.3, 0.4) is 0 Å². The Morgan fingerprint density at radius 2 is 0.947 bits per heavy atom. The van der Waals surface area contributed by atoms with Gasteiger partial charge >= 0.3 is 19.8 Å². The van der Waals surface area contributed by atoms with E-state index in [2.05, 4.69) is 50.3 Å². The summed E-state index contributed by atoms with van der Waals surface area (Å²) in [4.78, 5) is 35.6. The van der Waals surface area contributed by atoms with Crippen LogP contribution < -0.4 is 0 Å². The summed E-state index contributed by atoms with van der Waals surface area (Å²) in [6.45, 7) is 3.22. The van der Waals surface area contributed by atoms with Crippen LogP contribution in [-0.4, -0.2) is 98.3 Å². The second kappa shape index (κ2) is 33.9. The summed E-state index contributed by atoms with van der Waals surface area (Å²) in [5.74, 6) is -1.12. The average molecular weight is 833 g/mol. The molecule has 8 atom stereocenters. The number of aliphatic hydroxyl groups excluding tert-OH is 5. The third-order valence-electron chi connectivity index (χ3n) is 9.98. The lowest BCUT2D eigenvalue weighted by molar-refractivity contribution is -0.220. The number of phosphoric acid groups is 1. The Bertz CT molecular complexity index is 1150. The fraction of sp³-hybridized carbons (Fsp3) is 0.814. The molecule has 1 aliphatic rings. The zero-order valence-corrected chi connectivity index (χ0v) is 35.8. The van der Waals surface area contributed by atoms with Crippen molar-refractivity contribution in [2.24, 2.45) is 0 Å². The molecule has 0 bridgehead atoms. The maximum Gasteiger partial charge on any atom is 0.472 e. The minimum atomic E-state index is -5.12. The molecule has 57 heavy (non-hydrogen) atoms. The minimum absolute atomic E-state index is 0.0933. The van der Waals surface area contributed by atoms with Crippen LogP contribution in [-0.2, 0) is 32.7 Å². The van der Waals surface area contributed by atoms with Crippen LogP contribution in [0.1, 0.15) is 168 Å². The number of esters is 2. The van der Waals surface area contributed by atoms with Gasteiger partial charge in [-0.05, 0) is 51.4 Å². The molecule has 0 heterocycles. The van der Waals surface area contributed by atoms with E-state index >= 15 is 0 Å². The normalized spacial score (nSPS) is 23.0. The molecule has 0 radical (unpaired) electrons. The molecule has 0 aromatic carbocycles. The van der Waals surface area contributed by atoms with Crippen LogP contribution >= 0.6 is 7.82 Å². The van der Waals surface area contributed by atoms with Crippen molar-refractivity contribution in [3.05, 3.63) is 36.5 Å². The SMILES string of the molecule is CCCCC/C=C/C/C=C/C/C=C/CCCCCCC(=O)OC[C@@H](COP(=O)(O)OC1C(O)C(O)C(O)[C@H](O)C1O)OC(=O)CCCCCCCCCCCCC. The molecule has 1 saturated carbocycles. The molecule has 6 N–H and O–H groups in total. The zero-order valence-electron chi connectivity index (χ0n) is 34.9. The van der Waals surface area contributed by atoms with Crippen molar-refractivity contribution in [3.63, 3.8) is 0 Å². The first kappa shape index (κ1) is 53.1. The molecule has 6 unspecified atom stereocenters. The monoisotopic (exact) mass is 833 g/mol. The third kappa shape index (κ3) is 26.7. The largest absolute Gasteiger partial charge is 0.472 e. The third-order valence-corrected chi connectivity index (χ3v) is 11.0. The van der Waals surface area contributed by atoms with Crippen molar-refractivity contribution < 1.29 is 63.1 Å². The standard InChI is InChI=1S/C43H77O13P/c1-3-5-7-9-11-13-15-16-17-18-19-20-22-23-25-27-29-31-36(44)53-33-35(55-37(45)32-30-28-26-24-21-14-12-10-8-6-4-2)34-54-57(51,52)56-43-41(49)39(47)38(46)40(48)42(43)50/h11,13,16-17,19-20,35,38-43,46-50H,3-10,12,14-15,18,21-34H2,1-2H3,(H,51,52)/b13-11+,17-16+,20-19+/t35-,38?,39-,40?,41?,42?,43?/m0/s1. The summed E-state index contributed by atoms with van der Waals surface area (Å²) in [7, 11) is -5.12. The lowest BCUT2D eigenvalue weighted by Crippen LogP contribution is -2.64. The molecule has 332 valence electrons. The summed E-state index contributed by atoms with van der Waals surface area (Å²) < 4.78 is 33.4. The van der Waals surface area contributed by atoms with Gasteiger partial charge in [-0.2, -0.15) is 0 Å². The number of hydrogen-bond acceptors (Lipinski definition) is 12. The van der Waals surface area contributed by atoms with Crippen molar-refractivity contribution in [2.75, 3.05) is 13.2 Å². The maximum absolute atomic E-state index is 12.8. The van der Waals surface area contributed by atoms with E-state index in [1.807, 2.05) is 0 Å². The first-order valence-electron chi connectivity index (χ1n) is 21.8. The van der Waals surface area contributed by atoms with Crippen LogP contribution in [0.15, 0.2) is 36.5 Å². The highest BCUT2D eigenvalue weighted by molar-refractivity contribution is 7.47. The quantitative estimate of drug-likeness (QED) is 0.0156. The molecule has 0 aromatic heterocycles. The van der Waals surface area contributed by atoms with Gasteiger partial charge in [0.2, 0.25) is 0 Å². The molecule has 13 nitrogen and oxygen atoms in total. The van der Waals surface area contributed by atoms with Gasteiger partial charge < -0.3 is 39.9 Å². The number of unbranched alkanes of at least 4 members (excludes halogenated alkanes) is 17. The molecule has 0 spiro atoms. The Kier molecular flexibility index (Phi) is 31.5. The van der Waals surface area contributed by atoms with Gasteiger partial charge in [-0.25, -0.2) is 4.57 Å². The molecule has 0 aromatic rings. The highest BCUT2D eigenvalue weighted by atomic mass is 31.2. The smallest absolute Gasteiger partial charge is 0.462 e. The zero-order chi connectivity index (χ0) is 42.2. The van der Waals surface area contributed by atoms with E-state index in [0.29, 0.717) is 12.8 Å². The Labute approximate surface area is 342 Å². The summed E-state index contributed by atoms with van der Waals surface area (Å²) in [5, 5.41) is 50.0. The van der Waals surface area contributed by atoms with E-state index < -0.39 is 75.7 Å². The number of carbonyl (C=O) groups excluding carboxylic acids is 2. The number of hydrogen-bond donors (Lipinski definition) is 6. The molecule has 0 amide bonds. The molecular weight excluding hydrogens is 755 g/mol. The van der Waals surface area contributed by atoms with Crippen LogP contribution in [0.2, 0.25) is 0 Å². The van der Waals surface area contributed by atoms with E-state index in [-0.39, 0.29) is 12.8 Å². The molecule has 1 fully saturated rings. The lowest BCUT2D eigenvalue weighted by atomic mass is 9.85. The number of rotatable bonds is 35. The fourth-order valence-electron chi connectivity index (χ4n) is 6.41. The number of allylic oxidation sites excluding steroid dienone is 6. The minimum Gasteiger partial charge on any atom is -0.462 e. The molecular formula is C43H77O13P. The summed E-state index contributed by atoms with van der Waals surface area (Å²) in [6, 6.07) is 0. The van der Waals surface area contributed by atoms with Gasteiger partial charge in [-0.1, -0.05) is 140 Å². The Morgan fingerprint density at radius 3 is 1.47 bits per heavy atom. The van der Waals surface area contributed by atoms with Gasteiger partial charge in [-0.3, -0.25) is 18.6 Å². The van der Waals surface area contributed by atoms with Gasteiger partial charge in [0.25, 0.3) is 0 Å². The maximum atomic E-state index is 12.8. The van der Waals surface area contributed by atoms with Gasteiger partial charge in [0.1, 0.15) is 43.2 Å². The van der Waals surface area contributed by atoms with E-state index in [1.165, 1.54) is 57.8 Å². The Hall–Kier alpha value is -1.93. The topological polar surface area (TPSA) is 210 Å². The fourth-order valence-corrected chi connectivity index (χ4v) is 7.38. The first-order chi connectivity index (χ1) is 27.4. The predicted molar refractivity (Wildman–Crippen MR) is 221 cm³/mol. The second-order valence-corrected chi connectivity index (χ2v) is 16.6. The van der Waals surface area contributed by atoms with Crippen LogP contribution in [0, 0.1) is 0 Å². The van der Waals surface area contributed by atoms with E-state index in [1.54, 1.807) is 0 Å². The summed E-state index contributed by atoms with van der Waals surface area (Å²) in [6.07, 6.45) is 23.5. The van der Waals surface area contributed by atoms with Crippen LogP contribution in [0.4, 0.5) is 0 Å². The number of carbonyl (C=O) groups is 2. The molecule has 1 rings (SSSR count). The van der Waals surface area contributed by atoms with Gasteiger partial charge in [0.15, 0.2) is 6.10 Å². The molecule has 0 saturated heterocycles. The number of phosphoric ester groups is 1. The van der Waals surface area contributed by atoms with Crippen LogP contribution in [0.25, 0.3) is 0 Å². The summed E-state index contributed by atoms with van der Waals surface area (Å²) in [5.41, 5.74) is 0. The van der Waals surface area contributed by atoms with Crippen molar-refractivity contribution in [3.8, 4) is 0 Å². The Morgan fingerprint density at radius 1 is 0.544 bits per heavy atom. The number of aliphatic hydroxyl groups is 5.